The Hall–Kier alpha value is -3.32. The average Bonchev–Trinajstić information content (AvgIpc) is 3.05. The number of nitrogens with zero attached hydrogens (tertiary/aromatic N) is 1. The summed E-state index contributed by atoms with van der Waals surface area (Å²) in [6.07, 6.45) is 0.601. The maximum atomic E-state index is 11.5. The minimum Gasteiger partial charge on any atom is -0.494 e. The van der Waals surface area contributed by atoms with Gasteiger partial charge < -0.3 is 25.3 Å². The number of aromatic hydroxyl groups is 1. The molecular weight excluding hydrogens is 370 g/mol. The highest BCUT2D eigenvalue weighted by atomic mass is 16.5. The van der Waals surface area contributed by atoms with Gasteiger partial charge in [-0.3, -0.25) is 9.79 Å². The van der Waals surface area contributed by atoms with Crippen molar-refractivity contribution in [1.82, 2.24) is 4.98 Å². The standard InChI is InChI=1S/C22H25N3O4/c1-5-16(24-14-8-6-13(7-9-14)21(23)12(2)26)20-15-10-18(28-3)19(29-4)11-17(15)25-22(20)27/h6-11,21,25,27H,5,23H2,1-4H3. The van der Waals surface area contributed by atoms with E-state index >= 15 is 0 Å². The molecule has 3 rings (SSSR count). The molecule has 3 aromatic rings. The summed E-state index contributed by atoms with van der Waals surface area (Å²) in [7, 11) is 3.13. The normalized spacial score (nSPS) is 12.8. The van der Waals surface area contributed by atoms with Crippen molar-refractivity contribution in [3.05, 3.63) is 47.5 Å². The van der Waals surface area contributed by atoms with E-state index in [1.807, 2.05) is 25.1 Å². The molecule has 4 N–H and O–H groups in total. The number of benzene rings is 2. The number of ether oxygens (including phenoxy) is 2. The summed E-state index contributed by atoms with van der Waals surface area (Å²) >= 11 is 0. The number of carbonyl (C=O) groups excluding carboxylic acids is 1. The first-order valence-corrected chi connectivity index (χ1v) is 9.30. The number of ketones is 1. The van der Waals surface area contributed by atoms with Crippen LogP contribution in [-0.2, 0) is 4.79 Å². The molecular formula is C22H25N3O4. The van der Waals surface area contributed by atoms with Gasteiger partial charge >= 0.3 is 0 Å². The van der Waals surface area contributed by atoms with Crippen molar-refractivity contribution in [2.75, 3.05) is 14.2 Å². The van der Waals surface area contributed by atoms with Crippen LogP contribution in [0.4, 0.5) is 5.69 Å². The van der Waals surface area contributed by atoms with Crippen molar-refractivity contribution in [2.24, 2.45) is 10.7 Å². The van der Waals surface area contributed by atoms with E-state index in [-0.39, 0.29) is 11.7 Å². The van der Waals surface area contributed by atoms with Crippen molar-refractivity contribution >= 4 is 28.1 Å². The van der Waals surface area contributed by atoms with Gasteiger partial charge in [0.25, 0.3) is 0 Å². The molecule has 0 fully saturated rings. The molecule has 0 radical (unpaired) electrons. The molecule has 0 aliphatic rings. The number of Topliss-reactive ketones (excluding diaryl/α,β-unsaturated/α-hetero) is 1. The lowest BCUT2D eigenvalue weighted by molar-refractivity contribution is -0.118. The van der Waals surface area contributed by atoms with Crippen molar-refractivity contribution in [3.8, 4) is 17.4 Å². The van der Waals surface area contributed by atoms with Gasteiger partial charge in [-0.1, -0.05) is 19.1 Å². The third-order valence-corrected chi connectivity index (χ3v) is 4.86. The molecule has 2 aromatic carbocycles. The minimum absolute atomic E-state index is 0.0335. The number of aromatic nitrogens is 1. The molecule has 0 bridgehead atoms. The van der Waals surface area contributed by atoms with Gasteiger partial charge in [0.05, 0.1) is 42.7 Å². The Morgan fingerprint density at radius 2 is 1.79 bits per heavy atom. The first-order chi connectivity index (χ1) is 13.9. The molecule has 0 spiro atoms. The second-order valence-corrected chi connectivity index (χ2v) is 6.69. The van der Waals surface area contributed by atoms with Crippen LogP contribution in [0.1, 0.15) is 37.4 Å². The van der Waals surface area contributed by atoms with E-state index in [0.717, 1.165) is 16.5 Å². The van der Waals surface area contributed by atoms with Crippen molar-refractivity contribution in [1.29, 1.82) is 0 Å². The van der Waals surface area contributed by atoms with Gasteiger partial charge in [-0.15, -0.1) is 0 Å². The first kappa shape index (κ1) is 20.4. The van der Waals surface area contributed by atoms with Gasteiger partial charge in [-0.05, 0) is 37.1 Å². The molecule has 0 aliphatic heterocycles. The van der Waals surface area contributed by atoms with Crippen LogP contribution >= 0.6 is 0 Å². The number of hydrogen-bond acceptors (Lipinski definition) is 6. The van der Waals surface area contributed by atoms with E-state index in [9.17, 15) is 9.90 Å². The summed E-state index contributed by atoms with van der Waals surface area (Å²) in [6.45, 7) is 3.44. The summed E-state index contributed by atoms with van der Waals surface area (Å²) in [4.78, 5) is 19.2. The summed E-state index contributed by atoms with van der Waals surface area (Å²) < 4.78 is 10.7. The number of H-pyrrole nitrogens is 1. The zero-order chi connectivity index (χ0) is 21.1. The number of aliphatic imine (C=N–C) groups is 1. The quantitative estimate of drug-likeness (QED) is 0.524. The van der Waals surface area contributed by atoms with Crippen molar-refractivity contribution in [2.45, 2.75) is 26.3 Å². The number of hydrogen-bond donors (Lipinski definition) is 3. The molecule has 1 unspecified atom stereocenters. The second kappa shape index (κ2) is 8.36. The highest BCUT2D eigenvalue weighted by Gasteiger charge is 2.19. The van der Waals surface area contributed by atoms with E-state index in [2.05, 4.69) is 4.98 Å². The summed E-state index contributed by atoms with van der Waals surface area (Å²) in [6, 6.07) is 10.2. The lowest BCUT2D eigenvalue weighted by atomic mass is 10.0. The Bertz CT molecular complexity index is 1070. The van der Waals surface area contributed by atoms with E-state index in [0.29, 0.717) is 34.9 Å². The molecule has 29 heavy (non-hydrogen) atoms. The third-order valence-electron chi connectivity index (χ3n) is 4.86. The fraction of sp³-hybridized carbons (Fsp3) is 0.273. The molecule has 0 saturated heterocycles. The van der Waals surface area contributed by atoms with Gasteiger partial charge in [-0.2, -0.15) is 0 Å². The summed E-state index contributed by atoms with van der Waals surface area (Å²) in [5, 5.41) is 11.3. The highest BCUT2D eigenvalue weighted by molar-refractivity contribution is 6.14. The van der Waals surface area contributed by atoms with Gasteiger partial charge in [0.15, 0.2) is 23.2 Å². The fourth-order valence-electron chi connectivity index (χ4n) is 3.26. The molecule has 7 nitrogen and oxygen atoms in total. The van der Waals surface area contributed by atoms with Crippen LogP contribution in [0.25, 0.3) is 10.9 Å². The highest BCUT2D eigenvalue weighted by Crippen LogP contribution is 2.37. The van der Waals surface area contributed by atoms with Gasteiger partial charge in [0.2, 0.25) is 0 Å². The van der Waals surface area contributed by atoms with Crippen LogP contribution in [0.2, 0.25) is 0 Å². The number of fused-ring (bicyclic) bond motifs is 1. The number of rotatable bonds is 7. The molecule has 0 saturated carbocycles. The summed E-state index contributed by atoms with van der Waals surface area (Å²) in [5.74, 6) is 1.08. The number of carbonyl (C=O) groups is 1. The topological polar surface area (TPSA) is 110 Å². The lowest BCUT2D eigenvalue weighted by Crippen LogP contribution is -2.18. The van der Waals surface area contributed by atoms with Gasteiger partial charge in [0.1, 0.15) is 0 Å². The molecule has 1 atom stereocenters. The number of aromatic amines is 1. The predicted molar refractivity (Wildman–Crippen MR) is 114 cm³/mol. The minimum atomic E-state index is -0.640. The number of nitrogens with two attached hydrogens (primary N) is 1. The monoisotopic (exact) mass is 395 g/mol. The Balaban J connectivity index is 2.06. The molecule has 0 aliphatic carbocycles. The van der Waals surface area contributed by atoms with Crippen molar-refractivity contribution in [3.63, 3.8) is 0 Å². The van der Waals surface area contributed by atoms with Crippen LogP contribution in [0, 0.1) is 0 Å². The van der Waals surface area contributed by atoms with Crippen molar-refractivity contribution < 1.29 is 19.4 Å². The van der Waals surface area contributed by atoms with Crippen LogP contribution in [0.3, 0.4) is 0 Å². The lowest BCUT2D eigenvalue weighted by Gasteiger charge is -2.10. The van der Waals surface area contributed by atoms with Crippen LogP contribution < -0.4 is 15.2 Å². The van der Waals surface area contributed by atoms with E-state index in [4.69, 9.17) is 20.2 Å². The zero-order valence-corrected chi connectivity index (χ0v) is 16.9. The largest absolute Gasteiger partial charge is 0.494 e. The molecule has 1 aromatic heterocycles. The molecule has 152 valence electrons. The predicted octanol–water partition coefficient (Wildman–Crippen LogP) is 4.01. The Kier molecular flexibility index (Phi) is 5.89. The summed E-state index contributed by atoms with van der Waals surface area (Å²) in [5.41, 5.74) is 9.37. The van der Waals surface area contributed by atoms with Crippen LogP contribution in [0.5, 0.6) is 17.4 Å². The Morgan fingerprint density at radius 3 is 2.34 bits per heavy atom. The molecule has 1 heterocycles. The molecule has 0 amide bonds. The van der Waals surface area contributed by atoms with E-state index in [1.54, 1.807) is 32.4 Å². The first-order valence-electron chi connectivity index (χ1n) is 9.30. The Labute approximate surface area is 169 Å². The fourth-order valence-corrected chi connectivity index (χ4v) is 3.26. The zero-order valence-electron chi connectivity index (χ0n) is 16.9. The maximum Gasteiger partial charge on any atom is 0.198 e. The van der Waals surface area contributed by atoms with Crippen LogP contribution in [0.15, 0.2) is 41.4 Å². The smallest absolute Gasteiger partial charge is 0.198 e. The number of nitrogens with one attached hydrogen (secondary N) is 1. The Morgan fingerprint density at radius 1 is 1.17 bits per heavy atom. The third kappa shape index (κ3) is 3.95. The van der Waals surface area contributed by atoms with Gasteiger partial charge in [0, 0.05) is 11.5 Å². The van der Waals surface area contributed by atoms with Crippen LogP contribution in [-0.4, -0.2) is 35.8 Å². The second-order valence-electron chi connectivity index (χ2n) is 6.69. The average molecular weight is 395 g/mol. The van der Waals surface area contributed by atoms with E-state index < -0.39 is 6.04 Å². The molecule has 7 heteroatoms. The van der Waals surface area contributed by atoms with E-state index in [1.165, 1.54) is 6.92 Å². The van der Waals surface area contributed by atoms with Gasteiger partial charge in [-0.25, -0.2) is 0 Å². The number of methoxy groups -OCH3 is 2. The maximum absolute atomic E-state index is 11.5. The SMILES string of the molecule is CCC(=Nc1ccc(C(N)C(C)=O)cc1)c1c(O)[nH]c2cc(OC)c(OC)cc12.